The lowest BCUT2D eigenvalue weighted by atomic mass is 9.94. The number of nitro groups is 1. The van der Waals surface area contributed by atoms with E-state index in [9.17, 15) is 20.0 Å². The number of imidazole rings is 1. The Balaban J connectivity index is 1.97. The third-order valence-electron chi connectivity index (χ3n) is 4.91. The summed E-state index contributed by atoms with van der Waals surface area (Å²) in [6.45, 7) is 0.523. The van der Waals surface area contributed by atoms with Gasteiger partial charge in [0.15, 0.2) is 0 Å². The van der Waals surface area contributed by atoms with Crippen molar-refractivity contribution in [2.75, 3.05) is 7.05 Å². The maximum absolute atomic E-state index is 11.2. The molecule has 0 amide bonds. The maximum Gasteiger partial charge on any atom is 0.309 e. The fourth-order valence-electron chi connectivity index (χ4n) is 3.58. The molecular weight excluding hydrogens is 324 g/mol. The van der Waals surface area contributed by atoms with Crippen LogP contribution in [0.4, 0.5) is 5.69 Å². The first kappa shape index (κ1) is 17.3. The molecule has 0 bridgehead atoms. The van der Waals surface area contributed by atoms with Crippen LogP contribution < -0.4 is 0 Å². The Kier molecular flexibility index (Phi) is 4.98. The summed E-state index contributed by atoms with van der Waals surface area (Å²) in [5.41, 5.74) is 1.69. The van der Waals surface area contributed by atoms with Gasteiger partial charge >= 0.3 is 5.97 Å². The Morgan fingerprint density at radius 3 is 2.76 bits per heavy atom. The van der Waals surface area contributed by atoms with Crippen molar-refractivity contribution < 1.29 is 14.8 Å². The van der Waals surface area contributed by atoms with Gasteiger partial charge in [0, 0.05) is 18.7 Å². The zero-order valence-corrected chi connectivity index (χ0v) is 14.2. The smallest absolute Gasteiger partial charge is 0.309 e. The van der Waals surface area contributed by atoms with Gasteiger partial charge in [-0.3, -0.25) is 24.2 Å². The van der Waals surface area contributed by atoms with Crippen molar-refractivity contribution in [3.63, 3.8) is 0 Å². The lowest BCUT2D eigenvalue weighted by Gasteiger charge is -2.31. The minimum absolute atomic E-state index is 0.0339. The Morgan fingerprint density at radius 1 is 1.40 bits per heavy atom. The molecule has 8 nitrogen and oxygen atoms in total. The van der Waals surface area contributed by atoms with Crippen LogP contribution in [0.25, 0.3) is 5.65 Å². The number of aliphatic carboxylic acids is 1. The molecule has 2 aromatic rings. The van der Waals surface area contributed by atoms with Crippen LogP contribution in [0.2, 0.25) is 0 Å². The van der Waals surface area contributed by atoms with E-state index in [1.807, 2.05) is 7.05 Å². The van der Waals surface area contributed by atoms with E-state index >= 15 is 0 Å². The first-order valence-corrected chi connectivity index (χ1v) is 8.52. The van der Waals surface area contributed by atoms with E-state index in [1.54, 1.807) is 10.5 Å². The quantitative estimate of drug-likeness (QED) is 0.637. The molecule has 0 radical (unpaired) electrons. The number of fused-ring (bicyclic) bond motifs is 1. The summed E-state index contributed by atoms with van der Waals surface area (Å²) in [5, 5.41) is 20.2. The number of carbonyl (C=O) groups is 1. The normalized spacial score (nSPS) is 15.8. The molecule has 2 heterocycles. The highest BCUT2D eigenvalue weighted by molar-refractivity contribution is 5.70. The number of hydrogen-bond donors (Lipinski definition) is 1. The van der Waals surface area contributed by atoms with Gasteiger partial charge in [-0.15, -0.1) is 0 Å². The predicted molar refractivity (Wildman–Crippen MR) is 91.5 cm³/mol. The van der Waals surface area contributed by atoms with Gasteiger partial charge in [0.1, 0.15) is 5.65 Å². The average Bonchev–Trinajstić information content (AvgIpc) is 2.91. The monoisotopic (exact) mass is 346 g/mol. The van der Waals surface area contributed by atoms with Crippen LogP contribution in [0.1, 0.15) is 43.5 Å². The highest BCUT2D eigenvalue weighted by atomic mass is 16.6. The predicted octanol–water partition coefficient (Wildman–Crippen LogP) is 2.63. The van der Waals surface area contributed by atoms with Gasteiger partial charge in [-0.1, -0.05) is 19.3 Å². The van der Waals surface area contributed by atoms with E-state index in [1.165, 1.54) is 31.5 Å². The third-order valence-corrected chi connectivity index (χ3v) is 4.91. The van der Waals surface area contributed by atoms with Crippen molar-refractivity contribution in [2.24, 2.45) is 0 Å². The second-order valence-electron chi connectivity index (χ2n) is 6.66. The standard InChI is InChI=1S/C17H22N4O4/c1-19(12-5-3-2-4-6-12)11-15-14(9-17(22)23)18-16-8-7-13(21(24)25)10-20(15)16/h7-8,10,12H,2-6,9,11H2,1H3,(H,22,23). The van der Waals surface area contributed by atoms with Crippen LogP contribution in [0.15, 0.2) is 18.3 Å². The highest BCUT2D eigenvalue weighted by Gasteiger charge is 2.23. The van der Waals surface area contributed by atoms with Gasteiger partial charge in [0.05, 0.1) is 28.9 Å². The van der Waals surface area contributed by atoms with Crippen LogP contribution in [-0.2, 0) is 17.8 Å². The molecule has 25 heavy (non-hydrogen) atoms. The fourth-order valence-corrected chi connectivity index (χ4v) is 3.58. The average molecular weight is 346 g/mol. The lowest BCUT2D eigenvalue weighted by Crippen LogP contribution is -2.33. The summed E-state index contributed by atoms with van der Waals surface area (Å²) in [6.07, 6.45) is 7.16. The molecule has 134 valence electrons. The molecule has 0 atom stereocenters. The first-order chi connectivity index (χ1) is 12.0. The van der Waals surface area contributed by atoms with E-state index in [0.29, 0.717) is 29.6 Å². The SMILES string of the molecule is CN(Cc1c(CC(=O)O)nc2ccc([N+](=O)[O-])cn12)C1CCCCC1. The van der Waals surface area contributed by atoms with E-state index in [-0.39, 0.29) is 12.1 Å². The molecule has 1 aliphatic rings. The number of carboxylic acids is 1. The molecule has 3 rings (SSSR count). The van der Waals surface area contributed by atoms with Crippen molar-refractivity contribution in [3.05, 3.63) is 39.8 Å². The van der Waals surface area contributed by atoms with E-state index in [4.69, 9.17) is 0 Å². The zero-order chi connectivity index (χ0) is 18.0. The molecule has 0 saturated heterocycles. The van der Waals surface area contributed by atoms with Gasteiger partial charge in [0.25, 0.3) is 5.69 Å². The summed E-state index contributed by atoms with van der Waals surface area (Å²) in [7, 11) is 2.03. The molecule has 1 aliphatic carbocycles. The molecule has 1 saturated carbocycles. The van der Waals surface area contributed by atoms with Gasteiger partial charge < -0.3 is 5.11 Å². The summed E-state index contributed by atoms with van der Waals surface area (Å²) >= 11 is 0. The summed E-state index contributed by atoms with van der Waals surface area (Å²) in [4.78, 5) is 28.4. The van der Waals surface area contributed by atoms with Crippen molar-refractivity contribution in [3.8, 4) is 0 Å². The van der Waals surface area contributed by atoms with Crippen molar-refractivity contribution in [1.29, 1.82) is 0 Å². The third kappa shape index (κ3) is 3.79. The number of carboxylic acid groups (broad SMARTS) is 1. The number of pyridine rings is 1. The Labute approximate surface area is 145 Å². The second-order valence-corrected chi connectivity index (χ2v) is 6.66. The lowest BCUT2D eigenvalue weighted by molar-refractivity contribution is -0.385. The molecule has 8 heteroatoms. The van der Waals surface area contributed by atoms with Gasteiger partial charge in [-0.2, -0.15) is 0 Å². The molecule has 0 aliphatic heterocycles. The molecule has 0 spiro atoms. The van der Waals surface area contributed by atoms with Crippen LogP contribution in [0.5, 0.6) is 0 Å². The largest absolute Gasteiger partial charge is 0.481 e. The Hall–Kier alpha value is -2.48. The van der Waals surface area contributed by atoms with Gasteiger partial charge in [-0.25, -0.2) is 4.98 Å². The molecule has 0 unspecified atom stereocenters. The summed E-state index contributed by atoms with van der Waals surface area (Å²) in [6, 6.07) is 3.41. The minimum Gasteiger partial charge on any atom is -0.481 e. The Bertz CT molecular complexity index is 795. The number of nitrogens with zero attached hydrogens (tertiary/aromatic N) is 4. The van der Waals surface area contributed by atoms with Crippen molar-refractivity contribution in [2.45, 2.75) is 51.1 Å². The van der Waals surface area contributed by atoms with Crippen LogP contribution in [-0.4, -0.2) is 43.4 Å². The molecular formula is C17H22N4O4. The van der Waals surface area contributed by atoms with Crippen LogP contribution >= 0.6 is 0 Å². The topological polar surface area (TPSA) is 101 Å². The van der Waals surface area contributed by atoms with Gasteiger partial charge in [-0.05, 0) is 26.0 Å². The van der Waals surface area contributed by atoms with Crippen molar-refractivity contribution in [1.82, 2.24) is 14.3 Å². The van der Waals surface area contributed by atoms with Gasteiger partial charge in [0.2, 0.25) is 0 Å². The van der Waals surface area contributed by atoms with Crippen LogP contribution in [0, 0.1) is 10.1 Å². The van der Waals surface area contributed by atoms with E-state index < -0.39 is 10.9 Å². The molecule has 1 fully saturated rings. The zero-order valence-electron chi connectivity index (χ0n) is 14.2. The first-order valence-electron chi connectivity index (χ1n) is 8.52. The van der Waals surface area contributed by atoms with Crippen LogP contribution in [0.3, 0.4) is 0 Å². The Morgan fingerprint density at radius 2 is 2.12 bits per heavy atom. The van der Waals surface area contributed by atoms with E-state index in [2.05, 4.69) is 9.88 Å². The number of aromatic nitrogens is 2. The molecule has 1 N–H and O–H groups in total. The number of rotatable bonds is 6. The highest BCUT2D eigenvalue weighted by Crippen LogP contribution is 2.25. The second kappa shape index (κ2) is 7.18. The fraction of sp³-hybridized carbons (Fsp3) is 0.529. The minimum atomic E-state index is -0.959. The van der Waals surface area contributed by atoms with Crippen molar-refractivity contribution >= 4 is 17.3 Å². The summed E-state index contributed by atoms with van der Waals surface area (Å²) in [5.74, 6) is -0.959. The summed E-state index contributed by atoms with van der Waals surface area (Å²) < 4.78 is 1.66. The number of hydrogen-bond acceptors (Lipinski definition) is 5. The van der Waals surface area contributed by atoms with E-state index in [0.717, 1.165) is 12.8 Å². The maximum atomic E-state index is 11.2. The molecule has 2 aromatic heterocycles. The molecule has 0 aromatic carbocycles.